The van der Waals surface area contributed by atoms with Crippen molar-refractivity contribution in [2.45, 2.75) is 17.2 Å². The second-order valence-corrected chi connectivity index (χ2v) is 9.13. The minimum absolute atomic E-state index is 0.0582. The standard InChI is InChI=1S/C17H20ClN3O6S2/c1-9(20-15(22)11-7-10(18)5-6-12(11)26-3)14-8-13(27-4)16(28-14)29(24,25)21-17(23)19-2/h5-9H,1-4H3,(H,20,22)(H2,19,21,23). The number of carbonyl (C=O) groups excluding carboxylic acids is 2. The molecule has 1 heterocycles. The molecule has 0 fully saturated rings. The van der Waals surface area contributed by atoms with Crippen LogP contribution in [0, 0.1) is 0 Å². The van der Waals surface area contributed by atoms with Gasteiger partial charge in [-0.25, -0.2) is 17.9 Å². The van der Waals surface area contributed by atoms with Crippen molar-refractivity contribution in [3.63, 3.8) is 0 Å². The molecule has 12 heteroatoms. The lowest BCUT2D eigenvalue weighted by molar-refractivity contribution is 0.0937. The predicted octanol–water partition coefficient (Wildman–Crippen LogP) is 2.53. The molecule has 1 unspecified atom stereocenters. The maximum absolute atomic E-state index is 12.6. The van der Waals surface area contributed by atoms with Gasteiger partial charge in [0.15, 0.2) is 9.96 Å². The third-order valence-electron chi connectivity index (χ3n) is 3.78. The topological polar surface area (TPSA) is 123 Å². The highest BCUT2D eigenvalue weighted by Crippen LogP contribution is 2.36. The van der Waals surface area contributed by atoms with Gasteiger partial charge in [0.25, 0.3) is 15.9 Å². The number of halogens is 1. The molecule has 1 aromatic carbocycles. The molecule has 0 saturated heterocycles. The van der Waals surface area contributed by atoms with Crippen LogP contribution in [0.1, 0.15) is 28.2 Å². The van der Waals surface area contributed by atoms with Crippen LogP contribution in [-0.2, 0) is 10.0 Å². The maximum Gasteiger partial charge on any atom is 0.328 e. The third kappa shape index (κ3) is 5.31. The zero-order valence-corrected chi connectivity index (χ0v) is 18.4. The van der Waals surface area contributed by atoms with E-state index in [0.29, 0.717) is 15.6 Å². The minimum Gasteiger partial charge on any atom is -0.496 e. The van der Waals surface area contributed by atoms with E-state index in [9.17, 15) is 18.0 Å². The molecule has 1 aromatic heterocycles. The van der Waals surface area contributed by atoms with Crippen LogP contribution >= 0.6 is 22.9 Å². The molecule has 0 bridgehead atoms. The smallest absolute Gasteiger partial charge is 0.328 e. The van der Waals surface area contributed by atoms with Gasteiger partial charge < -0.3 is 20.1 Å². The zero-order valence-electron chi connectivity index (χ0n) is 16.0. The van der Waals surface area contributed by atoms with E-state index in [1.165, 1.54) is 33.4 Å². The molecule has 1 atom stereocenters. The van der Waals surface area contributed by atoms with Crippen molar-refractivity contribution in [2.24, 2.45) is 0 Å². The molecule has 2 rings (SSSR count). The van der Waals surface area contributed by atoms with Crippen LogP contribution in [0.4, 0.5) is 4.79 Å². The van der Waals surface area contributed by atoms with Crippen molar-refractivity contribution in [1.29, 1.82) is 0 Å². The van der Waals surface area contributed by atoms with Gasteiger partial charge in [-0.05, 0) is 31.2 Å². The highest BCUT2D eigenvalue weighted by atomic mass is 35.5. The number of hydrogen-bond donors (Lipinski definition) is 3. The Labute approximate surface area is 177 Å². The molecule has 2 aromatic rings. The highest BCUT2D eigenvalue weighted by molar-refractivity contribution is 7.92. The lowest BCUT2D eigenvalue weighted by Crippen LogP contribution is -2.37. The molecule has 29 heavy (non-hydrogen) atoms. The molecular weight excluding hydrogens is 442 g/mol. The second-order valence-electron chi connectivity index (χ2n) is 5.73. The van der Waals surface area contributed by atoms with Crippen LogP contribution in [0.3, 0.4) is 0 Å². The first-order valence-electron chi connectivity index (χ1n) is 8.19. The van der Waals surface area contributed by atoms with E-state index in [-0.39, 0.29) is 15.5 Å². The van der Waals surface area contributed by atoms with Gasteiger partial charge in [-0.3, -0.25) is 4.79 Å². The first-order chi connectivity index (χ1) is 13.6. The van der Waals surface area contributed by atoms with Gasteiger partial charge in [0.05, 0.1) is 25.8 Å². The molecule has 0 spiro atoms. The largest absolute Gasteiger partial charge is 0.496 e. The molecule has 0 aliphatic heterocycles. The van der Waals surface area contributed by atoms with Crippen molar-refractivity contribution >= 4 is 44.9 Å². The van der Waals surface area contributed by atoms with E-state index in [0.717, 1.165) is 11.3 Å². The number of rotatable bonds is 7. The summed E-state index contributed by atoms with van der Waals surface area (Å²) in [6.45, 7) is 1.68. The Kier molecular flexibility index (Phi) is 7.33. The van der Waals surface area contributed by atoms with Crippen LogP contribution in [0.15, 0.2) is 28.5 Å². The number of benzene rings is 1. The fourth-order valence-electron chi connectivity index (χ4n) is 2.34. The lowest BCUT2D eigenvalue weighted by atomic mass is 10.1. The molecule has 158 valence electrons. The number of nitrogens with one attached hydrogen (secondary N) is 3. The van der Waals surface area contributed by atoms with E-state index < -0.39 is 28.0 Å². The molecule has 0 radical (unpaired) electrons. The van der Waals surface area contributed by atoms with Crippen LogP contribution in [-0.4, -0.2) is 41.6 Å². The van der Waals surface area contributed by atoms with Crippen LogP contribution in [0.5, 0.6) is 11.5 Å². The normalized spacial score (nSPS) is 12.0. The molecule has 0 saturated carbocycles. The number of ether oxygens (including phenoxy) is 2. The first-order valence-corrected chi connectivity index (χ1v) is 10.9. The van der Waals surface area contributed by atoms with Crippen LogP contribution in [0.2, 0.25) is 5.02 Å². The lowest BCUT2D eigenvalue weighted by Gasteiger charge is -2.14. The summed E-state index contributed by atoms with van der Waals surface area (Å²) >= 11 is 6.84. The first kappa shape index (κ1) is 22.8. The van der Waals surface area contributed by atoms with Crippen molar-refractivity contribution in [1.82, 2.24) is 15.4 Å². The van der Waals surface area contributed by atoms with Gasteiger partial charge in [0.1, 0.15) is 5.75 Å². The number of thiophene rings is 1. The zero-order chi connectivity index (χ0) is 21.8. The van der Waals surface area contributed by atoms with Crippen LogP contribution in [0.25, 0.3) is 0 Å². The molecule has 3 amide bonds. The summed E-state index contributed by atoms with van der Waals surface area (Å²) in [4.78, 5) is 24.6. The Balaban J connectivity index is 2.29. The van der Waals surface area contributed by atoms with Crippen molar-refractivity contribution in [2.75, 3.05) is 21.3 Å². The summed E-state index contributed by atoms with van der Waals surface area (Å²) in [5, 5.41) is 5.31. The summed E-state index contributed by atoms with van der Waals surface area (Å²) in [5.41, 5.74) is 0.240. The van der Waals surface area contributed by atoms with E-state index in [4.69, 9.17) is 21.1 Å². The number of urea groups is 1. The highest BCUT2D eigenvalue weighted by Gasteiger charge is 2.27. The summed E-state index contributed by atoms with van der Waals surface area (Å²) in [5.74, 6) is -0.0409. The van der Waals surface area contributed by atoms with Crippen LogP contribution < -0.4 is 24.8 Å². The van der Waals surface area contributed by atoms with E-state index >= 15 is 0 Å². The van der Waals surface area contributed by atoms with E-state index in [1.807, 2.05) is 4.72 Å². The molecular formula is C17H20ClN3O6S2. The van der Waals surface area contributed by atoms with Gasteiger partial charge in [-0.15, -0.1) is 11.3 Å². The van der Waals surface area contributed by atoms with Gasteiger partial charge in [-0.1, -0.05) is 11.6 Å². The molecule has 0 aliphatic rings. The number of methoxy groups -OCH3 is 2. The number of hydrogen-bond acceptors (Lipinski definition) is 7. The van der Waals surface area contributed by atoms with Crippen molar-refractivity contribution < 1.29 is 27.5 Å². The maximum atomic E-state index is 12.6. The fourth-order valence-corrected chi connectivity index (χ4v) is 5.07. The second kappa shape index (κ2) is 9.33. The average Bonchev–Trinajstić information content (AvgIpc) is 3.13. The van der Waals surface area contributed by atoms with Gasteiger partial charge >= 0.3 is 6.03 Å². The monoisotopic (exact) mass is 461 g/mol. The fraction of sp³-hybridized carbons (Fsp3) is 0.294. The molecule has 0 aliphatic carbocycles. The van der Waals surface area contributed by atoms with Crippen molar-refractivity contribution in [3.8, 4) is 11.5 Å². The third-order valence-corrected chi connectivity index (χ3v) is 7.16. The summed E-state index contributed by atoms with van der Waals surface area (Å²) in [6, 6.07) is 4.70. The summed E-state index contributed by atoms with van der Waals surface area (Å²) in [7, 11) is -0.102. The number of amides is 3. The predicted molar refractivity (Wildman–Crippen MR) is 110 cm³/mol. The number of carbonyl (C=O) groups is 2. The Morgan fingerprint density at radius 2 is 1.79 bits per heavy atom. The average molecular weight is 462 g/mol. The van der Waals surface area contributed by atoms with E-state index in [2.05, 4.69) is 10.6 Å². The van der Waals surface area contributed by atoms with Gasteiger partial charge in [0, 0.05) is 16.9 Å². The van der Waals surface area contributed by atoms with Gasteiger partial charge in [-0.2, -0.15) is 0 Å². The Morgan fingerprint density at radius 1 is 1.14 bits per heavy atom. The summed E-state index contributed by atoms with van der Waals surface area (Å²) in [6.07, 6.45) is 0. The minimum atomic E-state index is -4.14. The Morgan fingerprint density at radius 3 is 2.38 bits per heavy atom. The quantitative estimate of drug-likeness (QED) is 0.582. The van der Waals surface area contributed by atoms with Crippen molar-refractivity contribution in [3.05, 3.63) is 39.7 Å². The Hall–Kier alpha value is -2.50. The van der Waals surface area contributed by atoms with Gasteiger partial charge in [0.2, 0.25) is 0 Å². The number of sulfonamides is 1. The molecule has 3 N–H and O–H groups in total. The molecule has 9 nitrogen and oxygen atoms in total. The SMILES string of the molecule is CNC(=O)NS(=O)(=O)c1sc(C(C)NC(=O)c2cc(Cl)ccc2OC)cc1OC. The summed E-state index contributed by atoms with van der Waals surface area (Å²) < 4.78 is 36.8. The Bertz CT molecular complexity index is 1020. The van der Waals surface area contributed by atoms with E-state index in [1.54, 1.807) is 19.1 Å².